The van der Waals surface area contributed by atoms with Crippen molar-refractivity contribution >= 4 is 23.2 Å². The summed E-state index contributed by atoms with van der Waals surface area (Å²) in [6.45, 7) is 0.0695. The van der Waals surface area contributed by atoms with E-state index in [4.69, 9.17) is 9.63 Å². The number of allylic oxidation sites excluding steroid dienone is 2. The number of hydrogen-bond donors (Lipinski definition) is 2. The molecule has 1 heterocycles. The number of aliphatic carboxylic acids is 1. The van der Waals surface area contributed by atoms with Crippen molar-refractivity contribution in [2.24, 2.45) is 4.99 Å². The standard InChI is InChI=1S/C19H22N2O6/c22-13-4-1-3-11(20-10-9-17(25)26)18(13)15(24)8-7-12-19-14(23)5-2-6-16(19)27-21-12/h24H,1-10H2,(H,25,26)/b18-15-,20-11?. The molecule has 0 spiro atoms. The van der Waals surface area contributed by atoms with Gasteiger partial charge in [0.15, 0.2) is 11.6 Å². The van der Waals surface area contributed by atoms with E-state index >= 15 is 0 Å². The van der Waals surface area contributed by atoms with Crippen LogP contribution >= 0.6 is 0 Å². The van der Waals surface area contributed by atoms with Crippen LogP contribution < -0.4 is 0 Å². The molecule has 2 aliphatic carbocycles. The van der Waals surface area contributed by atoms with Crippen molar-refractivity contribution in [3.63, 3.8) is 0 Å². The molecule has 3 rings (SSSR count). The maximum atomic E-state index is 12.3. The lowest BCUT2D eigenvalue weighted by Gasteiger charge is -2.18. The van der Waals surface area contributed by atoms with Crippen LogP contribution in [0, 0.1) is 0 Å². The lowest BCUT2D eigenvalue weighted by Crippen LogP contribution is -2.22. The molecule has 2 aliphatic rings. The fourth-order valence-electron chi connectivity index (χ4n) is 3.52. The van der Waals surface area contributed by atoms with Gasteiger partial charge in [-0.2, -0.15) is 0 Å². The summed E-state index contributed by atoms with van der Waals surface area (Å²) in [5.41, 5.74) is 1.68. The predicted molar refractivity (Wildman–Crippen MR) is 95.2 cm³/mol. The molecule has 0 bridgehead atoms. The monoisotopic (exact) mass is 374 g/mol. The Kier molecular flexibility index (Phi) is 5.83. The Morgan fingerprint density at radius 1 is 1.04 bits per heavy atom. The molecule has 8 nitrogen and oxygen atoms in total. The van der Waals surface area contributed by atoms with Crippen LogP contribution in [0.2, 0.25) is 0 Å². The molecule has 144 valence electrons. The second kappa shape index (κ2) is 8.28. The van der Waals surface area contributed by atoms with E-state index in [1.807, 2.05) is 0 Å². The first-order valence-electron chi connectivity index (χ1n) is 9.18. The summed E-state index contributed by atoms with van der Waals surface area (Å²) in [5, 5.41) is 23.2. The minimum Gasteiger partial charge on any atom is -0.511 e. The highest BCUT2D eigenvalue weighted by Gasteiger charge is 2.28. The number of nitrogens with zero attached hydrogens (tertiary/aromatic N) is 2. The topological polar surface area (TPSA) is 130 Å². The van der Waals surface area contributed by atoms with Gasteiger partial charge in [0.25, 0.3) is 0 Å². The van der Waals surface area contributed by atoms with Crippen LogP contribution in [0.4, 0.5) is 0 Å². The highest BCUT2D eigenvalue weighted by molar-refractivity contribution is 6.24. The number of carbonyl (C=O) groups is 3. The van der Waals surface area contributed by atoms with Crippen molar-refractivity contribution in [1.29, 1.82) is 0 Å². The molecule has 27 heavy (non-hydrogen) atoms. The van der Waals surface area contributed by atoms with E-state index in [-0.39, 0.29) is 48.7 Å². The average molecular weight is 374 g/mol. The summed E-state index contributed by atoms with van der Waals surface area (Å²) < 4.78 is 5.24. The first-order chi connectivity index (χ1) is 13.0. The number of fused-ring (bicyclic) bond motifs is 1. The van der Waals surface area contributed by atoms with Gasteiger partial charge in [0, 0.05) is 44.4 Å². The van der Waals surface area contributed by atoms with Gasteiger partial charge in [0.1, 0.15) is 11.5 Å². The Bertz CT molecular complexity index is 833. The van der Waals surface area contributed by atoms with Crippen LogP contribution in [0.25, 0.3) is 0 Å². The largest absolute Gasteiger partial charge is 0.511 e. The zero-order chi connectivity index (χ0) is 19.4. The Labute approximate surface area is 156 Å². The van der Waals surface area contributed by atoms with Gasteiger partial charge in [-0.3, -0.25) is 19.4 Å². The smallest absolute Gasteiger partial charge is 0.305 e. The quantitative estimate of drug-likeness (QED) is 0.578. The number of rotatable bonds is 6. The minimum atomic E-state index is -0.961. The Morgan fingerprint density at radius 2 is 1.78 bits per heavy atom. The summed E-state index contributed by atoms with van der Waals surface area (Å²) in [5.74, 6) is -0.640. The van der Waals surface area contributed by atoms with Crippen molar-refractivity contribution in [1.82, 2.24) is 5.16 Å². The second-order valence-corrected chi connectivity index (χ2v) is 6.77. The van der Waals surface area contributed by atoms with E-state index in [0.29, 0.717) is 54.8 Å². The number of carbonyl (C=O) groups excluding carboxylic acids is 2. The van der Waals surface area contributed by atoms with Crippen molar-refractivity contribution in [3.05, 3.63) is 28.3 Å². The molecule has 1 saturated carbocycles. The molecule has 0 atom stereocenters. The van der Waals surface area contributed by atoms with E-state index < -0.39 is 5.97 Å². The van der Waals surface area contributed by atoms with Crippen molar-refractivity contribution in [3.8, 4) is 0 Å². The lowest BCUT2D eigenvalue weighted by atomic mass is 9.89. The van der Waals surface area contributed by atoms with Gasteiger partial charge in [-0.15, -0.1) is 0 Å². The molecule has 1 aromatic heterocycles. The van der Waals surface area contributed by atoms with Crippen LogP contribution in [0.1, 0.15) is 66.8 Å². The van der Waals surface area contributed by atoms with E-state index in [2.05, 4.69) is 10.1 Å². The number of aromatic nitrogens is 1. The normalized spacial score (nSPS) is 20.7. The fourth-order valence-corrected chi connectivity index (χ4v) is 3.52. The second-order valence-electron chi connectivity index (χ2n) is 6.77. The maximum Gasteiger partial charge on any atom is 0.305 e. The number of aliphatic hydroxyl groups is 1. The molecule has 0 saturated heterocycles. The van der Waals surface area contributed by atoms with Gasteiger partial charge < -0.3 is 14.7 Å². The molecule has 0 unspecified atom stereocenters. The summed E-state index contributed by atoms with van der Waals surface area (Å²) in [6, 6.07) is 0. The number of hydrogen-bond acceptors (Lipinski definition) is 7. The third-order valence-corrected chi connectivity index (χ3v) is 4.82. The number of aryl methyl sites for hydroxylation is 2. The Balaban J connectivity index is 1.77. The predicted octanol–water partition coefficient (Wildman–Crippen LogP) is 2.61. The molecule has 8 heteroatoms. The Hall–Kier alpha value is -2.77. The molecule has 1 fully saturated rings. The molecular formula is C19H22N2O6. The first kappa shape index (κ1) is 19.0. The van der Waals surface area contributed by atoms with Gasteiger partial charge >= 0.3 is 5.97 Å². The van der Waals surface area contributed by atoms with Gasteiger partial charge in [0.2, 0.25) is 0 Å². The molecule has 1 aromatic rings. The van der Waals surface area contributed by atoms with Gasteiger partial charge in [0.05, 0.1) is 23.3 Å². The van der Waals surface area contributed by atoms with Crippen LogP contribution in [0.5, 0.6) is 0 Å². The van der Waals surface area contributed by atoms with E-state index in [9.17, 15) is 19.5 Å². The van der Waals surface area contributed by atoms with Crippen LogP contribution in [-0.2, 0) is 22.4 Å². The highest BCUT2D eigenvalue weighted by atomic mass is 16.5. The fraction of sp³-hybridized carbons (Fsp3) is 0.526. The zero-order valence-corrected chi connectivity index (χ0v) is 15.0. The third kappa shape index (κ3) is 4.32. The maximum absolute atomic E-state index is 12.3. The van der Waals surface area contributed by atoms with Gasteiger partial charge in [-0.25, -0.2) is 0 Å². The minimum absolute atomic E-state index is 0.00399. The summed E-state index contributed by atoms with van der Waals surface area (Å²) in [4.78, 5) is 39.3. The molecular weight excluding hydrogens is 352 g/mol. The molecule has 0 aromatic carbocycles. The number of aliphatic hydroxyl groups excluding tert-OH is 1. The SMILES string of the molecule is O=C(O)CCN=C1CCCC(=O)/C1=C(\O)CCc1noc2c1C(=O)CCC2. The molecule has 0 aliphatic heterocycles. The third-order valence-electron chi connectivity index (χ3n) is 4.82. The summed E-state index contributed by atoms with van der Waals surface area (Å²) >= 11 is 0. The molecule has 0 radical (unpaired) electrons. The first-order valence-corrected chi connectivity index (χ1v) is 9.18. The van der Waals surface area contributed by atoms with Crippen molar-refractivity contribution < 1.29 is 29.1 Å². The number of Topliss-reactive ketones (excluding diaryl/α,β-unsaturated/α-hetero) is 2. The molecule has 0 amide bonds. The van der Waals surface area contributed by atoms with Gasteiger partial charge in [-0.1, -0.05) is 5.16 Å². The van der Waals surface area contributed by atoms with E-state index in [1.54, 1.807) is 0 Å². The number of ketones is 2. The van der Waals surface area contributed by atoms with Crippen molar-refractivity contribution in [2.45, 2.75) is 57.8 Å². The number of aliphatic imine (C=N–C) groups is 1. The Morgan fingerprint density at radius 3 is 2.56 bits per heavy atom. The van der Waals surface area contributed by atoms with Crippen LogP contribution in [-0.4, -0.2) is 45.2 Å². The van der Waals surface area contributed by atoms with Gasteiger partial charge in [-0.05, 0) is 19.3 Å². The van der Waals surface area contributed by atoms with Crippen molar-refractivity contribution in [2.75, 3.05) is 6.54 Å². The number of carboxylic acid groups (broad SMARTS) is 1. The average Bonchev–Trinajstić information content (AvgIpc) is 3.04. The zero-order valence-electron chi connectivity index (χ0n) is 15.0. The molecule has 2 N–H and O–H groups in total. The highest BCUT2D eigenvalue weighted by Crippen LogP contribution is 2.27. The lowest BCUT2D eigenvalue weighted by molar-refractivity contribution is -0.136. The van der Waals surface area contributed by atoms with E-state index in [0.717, 1.165) is 6.42 Å². The summed E-state index contributed by atoms with van der Waals surface area (Å²) in [6.07, 6.45) is 3.69. The number of carboxylic acids is 1. The summed E-state index contributed by atoms with van der Waals surface area (Å²) in [7, 11) is 0. The van der Waals surface area contributed by atoms with Crippen LogP contribution in [0.3, 0.4) is 0 Å². The van der Waals surface area contributed by atoms with Crippen LogP contribution in [0.15, 0.2) is 20.8 Å². The van der Waals surface area contributed by atoms with E-state index in [1.165, 1.54) is 0 Å².